The fraction of sp³-hybridized carbons (Fsp3) is 0.346. The quantitative estimate of drug-likeness (QED) is 0.515. The molecule has 1 aromatic heterocycles. The molecule has 0 saturated carbocycles. The Bertz CT molecular complexity index is 1260. The number of fused-ring (bicyclic) bond motifs is 1. The summed E-state index contributed by atoms with van der Waals surface area (Å²) in [7, 11) is 1.55. The molecule has 8 heteroatoms. The molecule has 1 fully saturated rings. The third-order valence-electron chi connectivity index (χ3n) is 6.16. The number of carbonyl (C=O) groups is 1. The van der Waals surface area contributed by atoms with E-state index in [1.807, 2.05) is 38.1 Å². The van der Waals surface area contributed by atoms with Crippen LogP contribution in [-0.2, 0) is 4.79 Å². The van der Waals surface area contributed by atoms with E-state index in [1.54, 1.807) is 19.4 Å². The van der Waals surface area contributed by atoms with Crippen molar-refractivity contribution in [3.05, 3.63) is 52.7 Å². The maximum atomic E-state index is 13.0. The van der Waals surface area contributed by atoms with Crippen LogP contribution in [0.5, 0.6) is 11.5 Å². The number of nitrogens with one attached hydrogen (secondary N) is 1. The number of halogens is 1. The molecule has 1 N–H and O–H groups in total. The van der Waals surface area contributed by atoms with Gasteiger partial charge in [-0.15, -0.1) is 0 Å². The van der Waals surface area contributed by atoms with E-state index < -0.39 is 0 Å². The van der Waals surface area contributed by atoms with Crippen LogP contribution < -0.4 is 19.7 Å². The lowest BCUT2D eigenvalue weighted by Gasteiger charge is -2.34. The Morgan fingerprint density at radius 1 is 1.29 bits per heavy atom. The molecule has 7 nitrogen and oxygen atoms in total. The molecule has 34 heavy (non-hydrogen) atoms. The van der Waals surface area contributed by atoms with Crippen LogP contribution in [0.3, 0.4) is 0 Å². The van der Waals surface area contributed by atoms with Gasteiger partial charge in [0.15, 0.2) is 0 Å². The summed E-state index contributed by atoms with van der Waals surface area (Å²) in [5.41, 5.74) is 3.66. The van der Waals surface area contributed by atoms with E-state index in [0.717, 1.165) is 27.9 Å². The molecule has 0 spiro atoms. The summed E-state index contributed by atoms with van der Waals surface area (Å²) >= 11 is 6.18. The number of aryl methyl sites for hydroxylation is 1. The van der Waals surface area contributed by atoms with Gasteiger partial charge < -0.3 is 19.7 Å². The third kappa shape index (κ3) is 4.73. The maximum absolute atomic E-state index is 13.0. The molecule has 2 aromatic carbocycles. The second-order valence-electron chi connectivity index (χ2n) is 8.30. The largest absolute Gasteiger partial charge is 0.495 e. The Hall–Kier alpha value is -3.50. The highest BCUT2D eigenvalue weighted by Crippen LogP contribution is 2.35. The van der Waals surface area contributed by atoms with Gasteiger partial charge in [-0.1, -0.05) is 11.6 Å². The van der Waals surface area contributed by atoms with E-state index in [4.69, 9.17) is 21.1 Å². The first kappa shape index (κ1) is 23.7. The van der Waals surface area contributed by atoms with Crippen LogP contribution in [-0.4, -0.2) is 37.7 Å². The van der Waals surface area contributed by atoms with E-state index in [9.17, 15) is 10.1 Å². The number of aromatic nitrogens is 1. The highest BCUT2D eigenvalue weighted by molar-refractivity contribution is 6.31. The summed E-state index contributed by atoms with van der Waals surface area (Å²) in [6.45, 7) is 5.69. The monoisotopic (exact) mass is 478 g/mol. The first-order valence-corrected chi connectivity index (χ1v) is 11.7. The molecule has 0 atom stereocenters. The van der Waals surface area contributed by atoms with Crippen molar-refractivity contribution in [1.82, 2.24) is 4.98 Å². The third-order valence-corrected chi connectivity index (χ3v) is 6.57. The van der Waals surface area contributed by atoms with Crippen molar-refractivity contribution in [3.8, 4) is 17.6 Å². The number of nitriles is 1. The van der Waals surface area contributed by atoms with Gasteiger partial charge in [0.1, 0.15) is 17.6 Å². The maximum Gasteiger partial charge on any atom is 0.227 e. The van der Waals surface area contributed by atoms with Gasteiger partial charge in [0.05, 0.1) is 36.2 Å². The Kier molecular flexibility index (Phi) is 7.09. The number of ether oxygens (including phenoxy) is 2. The summed E-state index contributed by atoms with van der Waals surface area (Å²) < 4.78 is 11.1. The lowest BCUT2D eigenvalue weighted by molar-refractivity contribution is -0.120. The number of hydrogen-bond donors (Lipinski definition) is 1. The number of piperidine rings is 1. The first-order valence-electron chi connectivity index (χ1n) is 11.3. The lowest BCUT2D eigenvalue weighted by atomic mass is 9.94. The predicted octanol–water partition coefficient (Wildman–Crippen LogP) is 5.33. The Morgan fingerprint density at radius 2 is 2.06 bits per heavy atom. The molecule has 0 bridgehead atoms. The molecular weight excluding hydrogens is 452 g/mol. The number of amides is 1. The number of anilines is 2. The van der Waals surface area contributed by atoms with E-state index in [1.165, 1.54) is 0 Å². The van der Waals surface area contributed by atoms with Crippen LogP contribution in [0.4, 0.5) is 11.4 Å². The van der Waals surface area contributed by atoms with Crippen molar-refractivity contribution in [2.45, 2.75) is 26.7 Å². The number of methoxy groups -OCH3 is 1. The number of carbonyl (C=O) groups excluding carboxylic acids is 1. The van der Waals surface area contributed by atoms with Crippen molar-refractivity contribution in [1.29, 1.82) is 5.26 Å². The smallest absolute Gasteiger partial charge is 0.227 e. The summed E-state index contributed by atoms with van der Waals surface area (Å²) in [6.07, 6.45) is 2.95. The minimum atomic E-state index is -0.144. The average Bonchev–Trinajstić information content (AvgIpc) is 2.85. The Labute approximate surface area is 204 Å². The number of pyridine rings is 1. The SMILES string of the molecule is CCOc1ccc2ncc(C#N)c(N3CCC(C(=O)Nc4cc(C)c(Cl)cc4OC)CC3)c2c1. The van der Waals surface area contributed by atoms with Gasteiger partial charge in [0.25, 0.3) is 0 Å². The van der Waals surface area contributed by atoms with Gasteiger partial charge in [-0.25, -0.2) is 0 Å². The van der Waals surface area contributed by atoms with Crippen molar-refractivity contribution in [2.24, 2.45) is 5.92 Å². The Morgan fingerprint density at radius 3 is 2.74 bits per heavy atom. The average molecular weight is 479 g/mol. The van der Waals surface area contributed by atoms with Crippen LogP contribution >= 0.6 is 11.6 Å². The zero-order valence-corrected chi connectivity index (χ0v) is 20.3. The fourth-order valence-electron chi connectivity index (χ4n) is 4.37. The van der Waals surface area contributed by atoms with Gasteiger partial charge in [-0.2, -0.15) is 5.26 Å². The molecular formula is C26H27ClN4O3. The molecule has 0 unspecified atom stereocenters. The predicted molar refractivity (Wildman–Crippen MR) is 134 cm³/mol. The summed E-state index contributed by atoms with van der Waals surface area (Å²) in [6, 6.07) is 11.6. The van der Waals surface area contributed by atoms with E-state index in [2.05, 4.69) is 21.3 Å². The molecule has 1 aliphatic heterocycles. The molecule has 0 aliphatic carbocycles. The van der Waals surface area contributed by atoms with Crippen LogP contribution in [0.2, 0.25) is 5.02 Å². The van der Waals surface area contributed by atoms with Gasteiger partial charge in [-0.05, 0) is 56.5 Å². The standard InChI is InChI=1S/C26H27ClN4O3/c1-4-34-19-5-6-22-20(12-19)25(18(14-28)15-29-22)31-9-7-17(8-10-31)26(32)30-23-11-16(2)21(27)13-24(23)33-3/h5-6,11-13,15,17H,4,7-10H2,1-3H3,(H,30,32). The Balaban J connectivity index is 1.53. The minimum Gasteiger partial charge on any atom is -0.495 e. The van der Waals surface area contributed by atoms with E-state index in [-0.39, 0.29) is 11.8 Å². The minimum absolute atomic E-state index is 0.0432. The second kappa shape index (κ2) is 10.2. The van der Waals surface area contributed by atoms with Gasteiger partial charge in [0.2, 0.25) is 5.91 Å². The fourth-order valence-corrected chi connectivity index (χ4v) is 4.52. The van der Waals surface area contributed by atoms with E-state index in [0.29, 0.717) is 54.6 Å². The number of benzene rings is 2. The lowest BCUT2D eigenvalue weighted by Crippen LogP contribution is -2.38. The second-order valence-corrected chi connectivity index (χ2v) is 8.70. The van der Waals surface area contributed by atoms with Crippen LogP contribution in [0, 0.1) is 24.2 Å². The molecule has 3 aromatic rings. The molecule has 4 rings (SSSR count). The summed E-state index contributed by atoms with van der Waals surface area (Å²) in [5.74, 6) is 1.09. The van der Waals surface area contributed by atoms with Crippen LogP contribution in [0.15, 0.2) is 36.5 Å². The van der Waals surface area contributed by atoms with Gasteiger partial charge >= 0.3 is 0 Å². The summed E-state index contributed by atoms with van der Waals surface area (Å²) in [5, 5.41) is 14.2. The van der Waals surface area contributed by atoms with Crippen molar-refractivity contribution >= 4 is 39.8 Å². The first-order chi connectivity index (χ1) is 16.4. The molecule has 1 aliphatic rings. The number of nitrogens with zero attached hydrogens (tertiary/aromatic N) is 3. The van der Waals surface area contributed by atoms with Crippen LogP contribution in [0.25, 0.3) is 10.9 Å². The molecule has 1 saturated heterocycles. The zero-order valence-electron chi connectivity index (χ0n) is 19.5. The van der Waals surface area contributed by atoms with Crippen molar-refractivity contribution < 1.29 is 14.3 Å². The number of rotatable bonds is 6. The summed E-state index contributed by atoms with van der Waals surface area (Å²) in [4.78, 5) is 19.6. The molecule has 0 radical (unpaired) electrons. The zero-order chi connectivity index (χ0) is 24.2. The highest BCUT2D eigenvalue weighted by atomic mass is 35.5. The van der Waals surface area contributed by atoms with Gasteiger partial charge in [-0.3, -0.25) is 9.78 Å². The van der Waals surface area contributed by atoms with Gasteiger partial charge in [0, 0.05) is 41.7 Å². The van der Waals surface area contributed by atoms with Crippen LogP contribution in [0.1, 0.15) is 30.9 Å². The molecule has 176 valence electrons. The van der Waals surface area contributed by atoms with Crippen molar-refractivity contribution in [2.75, 3.05) is 37.0 Å². The topological polar surface area (TPSA) is 87.5 Å². The molecule has 1 amide bonds. The van der Waals surface area contributed by atoms with E-state index >= 15 is 0 Å². The normalized spacial score (nSPS) is 14.0. The van der Waals surface area contributed by atoms with Crippen molar-refractivity contribution in [3.63, 3.8) is 0 Å². The molecule has 2 heterocycles. The number of hydrogen-bond acceptors (Lipinski definition) is 6. The highest BCUT2D eigenvalue weighted by Gasteiger charge is 2.28.